The molecular weight excluding hydrogens is 256 g/mol. The van der Waals surface area contributed by atoms with Crippen LogP contribution in [0.25, 0.3) is 0 Å². The molecule has 0 aliphatic heterocycles. The summed E-state index contributed by atoms with van der Waals surface area (Å²) in [6, 6.07) is 3.13. The molecule has 0 spiro atoms. The average Bonchev–Trinajstić information content (AvgIpc) is 2.10. The van der Waals surface area contributed by atoms with Crippen molar-refractivity contribution in [3.8, 4) is 0 Å². The van der Waals surface area contributed by atoms with Gasteiger partial charge in [-0.3, -0.25) is 0 Å². The first-order chi connectivity index (χ1) is 6.73. The first-order valence-corrected chi connectivity index (χ1v) is 5.48. The third-order valence-electron chi connectivity index (χ3n) is 2.03. The van der Waals surface area contributed by atoms with Gasteiger partial charge in [0.2, 0.25) is 0 Å². The number of aliphatic hydroxyl groups excluding tert-OH is 1. The van der Waals surface area contributed by atoms with Gasteiger partial charge in [-0.2, -0.15) is 0 Å². The Balaban J connectivity index is 3.17. The van der Waals surface area contributed by atoms with Crippen molar-refractivity contribution in [2.24, 2.45) is 5.73 Å². The van der Waals surface area contributed by atoms with Gasteiger partial charge in [-0.05, 0) is 31.5 Å². The van der Waals surface area contributed by atoms with Gasteiger partial charge in [0.15, 0.2) is 0 Å². The van der Waals surface area contributed by atoms with Crippen molar-refractivity contribution in [1.82, 2.24) is 0 Å². The molecule has 0 radical (unpaired) electrons. The molecular formula is C10H12Cl3NO. The predicted octanol–water partition coefficient (Wildman–Crippen LogP) is 3.42. The summed E-state index contributed by atoms with van der Waals surface area (Å²) < 4.78 is 0. The smallest absolute Gasteiger partial charge is 0.0965 e. The van der Waals surface area contributed by atoms with Gasteiger partial charge in [0.05, 0.1) is 21.2 Å². The van der Waals surface area contributed by atoms with E-state index in [0.717, 1.165) is 0 Å². The molecule has 1 rings (SSSR count). The Morgan fingerprint density at radius 3 is 1.93 bits per heavy atom. The standard InChI is InChI=1S/C10H12Cl3NO/c1-10(2,14)9(15)5-3-6(11)8(13)7(12)4-5/h3-4,9,15H,14H2,1-2H3. The zero-order chi connectivity index (χ0) is 11.8. The highest BCUT2D eigenvalue weighted by atomic mass is 35.5. The number of benzene rings is 1. The Labute approximate surface area is 104 Å². The number of hydrogen-bond donors (Lipinski definition) is 2. The molecule has 1 unspecified atom stereocenters. The van der Waals surface area contributed by atoms with Gasteiger partial charge in [0.1, 0.15) is 0 Å². The van der Waals surface area contributed by atoms with Crippen LogP contribution in [0.15, 0.2) is 12.1 Å². The molecule has 0 bridgehead atoms. The minimum Gasteiger partial charge on any atom is -0.387 e. The summed E-state index contributed by atoms with van der Waals surface area (Å²) in [6.45, 7) is 3.43. The van der Waals surface area contributed by atoms with Crippen LogP contribution >= 0.6 is 34.8 Å². The molecule has 0 heterocycles. The third-order valence-corrected chi connectivity index (χ3v) is 3.22. The van der Waals surface area contributed by atoms with E-state index in [2.05, 4.69) is 0 Å². The Morgan fingerprint density at radius 2 is 1.60 bits per heavy atom. The predicted molar refractivity (Wildman–Crippen MR) is 64.7 cm³/mol. The van der Waals surface area contributed by atoms with Crippen LogP contribution < -0.4 is 5.73 Å². The molecule has 3 N–H and O–H groups in total. The van der Waals surface area contributed by atoms with Crippen molar-refractivity contribution >= 4 is 34.8 Å². The van der Waals surface area contributed by atoms with Gasteiger partial charge in [-0.25, -0.2) is 0 Å². The van der Waals surface area contributed by atoms with E-state index in [-0.39, 0.29) is 5.02 Å². The molecule has 0 aliphatic rings. The van der Waals surface area contributed by atoms with Crippen molar-refractivity contribution in [3.63, 3.8) is 0 Å². The maximum Gasteiger partial charge on any atom is 0.0965 e. The minimum atomic E-state index is -0.843. The largest absolute Gasteiger partial charge is 0.387 e. The molecule has 0 aliphatic carbocycles. The first-order valence-electron chi connectivity index (χ1n) is 4.35. The molecule has 0 amide bonds. The summed E-state index contributed by atoms with van der Waals surface area (Å²) in [4.78, 5) is 0. The summed E-state index contributed by atoms with van der Waals surface area (Å²) in [5.74, 6) is 0. The number of rotatable bonds is 2. The van der Waals surface area contributed by atoms with Crippen LogP contribution in [0.1, 0.15) is 25.5 Å². The second kappa shape index (κ2) is 4.48. The van der Waals surface area contributed by atoms with Crippen molar-refractivity contribution < 1.29 is 5.11 Å². The topological polar surface area (TPSA) is 46.2 Å². The maximum absolute atomic E-state index is 9.91. The van der Waals surface area contributed by atoms with Crippen LogP contribution in [0.3, 0.4) is 0 Å². The van der Waals surface area contributed by atoms with Gasteiger partial charge in [-0.1, -0.05) is 34.8 Å². The quantitative estimate of drug-likeness (QED) is 0.807. The first kappa shape index (κ1) is 13.1. The lowest BCUT2D eigenvalue weighted by Crippen LogP contribution is -2.39. The Hall–Kier alpha value is 0.01000. The molecule has 0 saturated heterocycles. The third kappa shape index (κ3) is 2.99. The van der Waals surface area contributed by atoms with E-state index in [4.69, 9.17) is 40.5 Å². The van der Waals surface area contributed by atoms with Crippen LogP contribution in [0.2, 0.25) is 15.1 Å². The molecule has 2 nitrogen and oxygen atoms in total. The average molecular weight is 269 g/mol. The van der Waals surface area contributed by atoms with Crippen molar-refractivity contribution in [3.05, 3.63) is 32.8 Å². The lowest BCUT2D eigenvalue weighted by Gasteiger charge is -2.26. The van der Waals surface area contributed by atoms with Gasteiger partial charge >= 0.3 is 0 Å². The summed E-state index contributed by atoms with van der Waals surface area (Å²) in [6.07, 6.45) is -0.843. The molecule has 1 atom stereocenters. The maximum atomic E-state index is 9.91. The monoisotopic (exact) mass is 267 g/mol. The van der Waals surface area contributed by atoms with Crippen molar-refractivity contribution in [2.45, 2.75) is 25.5 Å². The number of aliphatic hydroxyl groups is 1. The lowest BCUT2D eigenvalue weighted by molar-refractivity contribution is 0.105. The molecule has 0 aromatic heterocycles. The summed E-state index contributed by atoms with van der Waals surface area (Å²) in [5, 5.41) is 10.8. The molecule has 5 heteroatoms. The highest BCUT2D eigenvalue weighted by molar-refractivity contribution is 6.48. The second-order valence-corrected chi connectivity index (χ2v) is 5.21. The van der Waals surface area contributed by atoms with Gasteiger partial charge in [-0.15, -0.1) is 0 Å². The minimum absolute atomic E-state index is 0.282. The van der Waals surface area contributed by atoms with E-state index in [9.17, 15) is 5.11 Å². The fourth-order valence-electron chi connectivity index (χ4n) is 1.16. The van der Waals surface area contributed by atoms with Gasteiger partial charge < -0.3 is 10.8 Å². The normalized spacial score (nSPS) is 14.1. The number of nitrogens with two attached hydrogens (primary N) is 1. The Bertz CT molecular complexity index is 350. The SMILES string of the molecule is CC(C)(N)C(O)c1cc(Cl)c(Cl)c(Cl)c1. The van der Waals surface area contributed by atoms with E-state index < -0.39 is 11.6 Å². The Morgan fingerprint density at radius 1 is 1.20 bits per heavy atom. The number of hydrogen-bond acceptors (Lipinski definition) is 2. The van der Waals surface area contributed by atoms with Gasteiger partial charge in [0, 0.05) is 5.54 Å². The van der Waals surface area contributed by atoms with Crippen molar-refractivity contribution in [1.29, 1.82) is 0 Å². The fourth-order valence-corrected chi connectivity index (χ4v) is 1.78. The van der Waals surface area contributed by atoms with E-state index in [1.165, 1.54) is 0 Å². The molecule has 0 saturated carbocycles. The van der Waals surface area contributed by atoms with E-state index in [1.807, 2.05) is 0 Å². The summed E-state index contributed by atoms with van der Waals surface area (Å²) in [5.41, 5.74) is 5.57. The summed E-state index contributed by atoms with van der Waals surface area (Å²) in [7, 11) is 0. The molecule has 1 aromatic carbocycles. The van der Waals surface area contributed by atoms with Crippen LogP contribution in [0, 0.1) is 0 Å². The van der Waals surface area contributed by atoms with Gasteiger partial charge in [0.25, 0.3) is 0 Å². The molecule has 0 fully saturated rings. The summed E-state index contributed by atoms with van der Waals surface area (Å²) >= 11 is 17.5. The Kier molecular flexibility index (Phi) is 3.90. The fraction of sp³-hybridized carbons (Fsp3) is 0.400. The zero-order valence-corrected chi connectivity index (χ0v) is 10.7. The van der Waals surface area contributed by atoms with E-state index in [1.54, 1.807) is 26.0 Å². The van der Waals surface area contributed by atoms with Crippen LogP contribution in [-0.4, -0.2) is 10.6 Å². The van der Waals surface area contributed by atoms with Crippen LogP contribution in [0.4, 0.5) is 0 Å². The van der Waals surface area contributed by atoms with Crippen LogP contribution in [-0.2, 0) is 0 Å². The zero-order valence-electron chi connectivity index (χ0n) is 8.39. The highest BCUT2D eigenvalue weighted by Crippen LogP contribution is 2.35. The van der Waals surface area contributed by atoms with E-state index in [0.29, 0.717) is 15.6 Å². The molecule has 1 aromatic rings. The molecule has 15 heavy (non-hydrogen) atoms. The van der Waals surface area contributed by atoms with Crippen LogP contribution in [0.5, 0.6) is 0 Å². The van der Waals surface area contributed by atoms with Crippen molar-refractivity contribution in [2.75, 3.05) is 0 Å². The van der Waals surface area contributed by atoms with E-state index >= 15 is 0 Å². The second-order valence-electron chi connectivity index (χ2n) is 4.02. The highest BCUT2D eigenvalue weighted by Gasteiger charge is 2.25. The lowest BCUT2D eigenvalue weighted by atomic mass is 9.92. The number of halogens is 3. The molecule has 84 valence electrons.